The minimum Gasteiger partial charge on any atom is -0.288 e. The standard InChI is InChI=1S/C13H11FOS/c1-8-5-6-16-13(8)12(15)10-3-4-11(14)9(2)7-10/h3-7H,1-2H3. The Hall–Kier alpha value is -1.48. The van der Waals surface area contributed by atoms with Crippen LogP contribution in [0, 0.1) is 19.7 Å². The molecular formula is C13H11FOS. The fourth-order valence-corrected chi connectivity index (χ4v) is 2.41. The van der Waals surface area contributed by atoms with Crippen LogP contribution in [0.4, 0.5) is 4.39 Å². The van der Waals surface area contributed by atoms with Crippen LogP contribution in [-0.4, -0.2) is 5.78 Å². The number of ketones is 1. The predicted octanol–water partition coefficient (Wildman–Crippen LogP) is 3.74. The molecule has 0 atom stereocenters. The second-order valence-corrected chi connectivity index (χ2v) is 4.64. The summed E-state index contributed by atoms with van der Waals surface area (Å²) >= 11 is 1.42. The van der Waals surface area contributed by atoms with Crippen LogP contribution in [0.1, 0.15) is 26.4 Å². The van der Waals surface area contributed by atoms with E-state index in [0.717, 1.165) is 10.4 Å². The van der Waals surface area contributed by atoms with Gasteiger partial charge in [-0.05, 0) is 54.6 Å². The van der Waals surface area contributed by atoms with Crippen LogP contribution in [0.3, 0.4) is 0 Å². The van der Waals surface area contributed by atoms with Gasteiger partial charge in [-0.25, -0.2) is 4.39 Å². The molecule has 0 bridgehead atoms. The zero-order valence-corrected chi connectivity index (χ0v) is 9.90. The molecule has 0 aliphatic carbocycles. The van der Waals surface area contributed by atoms with Crippen molar-refractivity contribution in [3.05, 3.63) is 57.0 Å². The first-order valence-corrected chi connectivity index (χ1v) is 5.82. The number of rotatable bonds is 2. The number of hydrogen-bond acceptors (Lipinski definition) is 2. The van der Waals surface area contributed by atoms with Gasteiger partial charge in [0.05, 0.1) is 4.88 Å². The van der Waals surface area contributed by atoms with E-state index in [9.17, 15) is 9.18 Å². The highest BCUT2D eigenvalue weighted by Gasteiger charge is 2.13. The van der Waals surface area contributed by atoms with Crippen molar-refractivity contribution < 1.29 is 9.18 Å². The van der Waals surface area contributed by atoms with Gasteiger partial charge < -0.3 is 0 Å². The van der Waals surface area contributed by atoms with E-state index >= 15 is 0 Å². The molecule has 2 aromatic rings. The highest BCUT2D eigenvalue weighted by atomic mass is 32.1. The van der Waals surface area contributed by atoms with Gasteiger partial charge in [-0.15, -0.1) is 11.3 Å². The maximum absolute atomic E-state index is 13.1. The summed E-state index contributed by atoms with van der Waals surface area (Å²) in [5.41, 5.74) is 2.02. The summed E-state index contributed by atoms with van der Waals surface area (Å²) in [6.45, 7) is 3.56. The Balaban J connectivity index is 2.42. The van der Waals surface area contributed by atoms with E-state index in [1.165, 1.54) is 23.5 Å². The van der Waals surface area contributed by atoms with Crippen LogP contribution in [0.5, 0.6) is 0 Å². The second kappa shape index (κ2) is 4.18. The van der Waals surface area contributed by atoms with E-state index in [2.05, 4.69) is 0 Å². The zero-order chi connectivity index (χ0) is 11.7. The molecule has 0 saturated heterocycles. The number of aryl methyl sites for hydroxylation is 2. The third-order valence-corrected chi connectivity index (χ3v) is 3.50. The fraction of sp³-hybridized carbons (Fsp3) is 0.154. The van der Waals surface area contributed by atoms with Gasteiger partial charge in [0.1, 0.15) is 5.82 Å². The molecule has 1 aromatic heterocycles. The Kier molecular flexibility index (Phi) is 2.88. The summed E-state index contributed by atoms with van der Waals surface area (Å²) in [5, 5.41) is 1.89. The topological polar surface area (TPSA) is 17.1 Å². The van der Waals surface area contributed by atoms with Gasteiger partial charge in [0, 0.05) is 5.56 Å². The maximum Gasteiger partial charge on any atom is 0.203 e. The third kappa shape index (κ3) is 1.91. The van der Waals surface area contributed by atoms with Crippen molar-refractivity contribution in [3.63, 3.8) is 0 Å². The van der Waals surface area contributed by atoms with Crippen LogP contribution < -0.4 is 0 Å². The summed E-state index contributed by atoms with van der Waals surface area (Å²) in [4.78, 5) is 12.8. The highest BCUT2D eigenvalue weighted by Crippen LogP contribution is 2.21. The number of carbonyl (C=O) groups excluding carboxylic acids is 1. The lowest BCUT2D eigenvalue weighted by molar-refractivity contribution is 0.104. The molecule has 1 aromatic carbocycles. The van der Waals surface area contributed by atoms with Crippen LogP contribution in [0.2, 0.25) is 0 Å². The number of benzene rings is 1. The van der Waals surface area contributed by atoms with Gasteiger partial charge in [-0.3, -0.25) is 4.79 Å². The maximum atomic E-state index is 13.1. The number of carbonyl (C=O) groups is 1. The summed E-state index contributed by atoms with van der Waals surface area (Å²) in [5.74, 6) is -0.310. The first-order valence-electron chi connectivity index (χ1n) is 4.94. The van der Waals surface area contributed by atoms with Gasteiger partial charge in [0.25, 0.3) is 0 Å². The average Bonchev–Trinajstić information content (AvgIpc) is 2.67. The molecule has 0 aliphatic heterocycles. The predicted molar refractivity (Wildman–Crippen MR) is 63.6 cm³/mol. The highest BCUT2D eigenvalue weighted by molar-refractivity contribution is 7.12. The number of halogens is 1. The number of hydrogen-bond donors (Lipinski definition) is 0. The zero-order valence-electron chi connectivity index (χ0n) is 9.08. The van der Waals surface area contributed by atoms with E-state index in [0.29, 0.717) is 11.1 Å². The molecule has 16 heavy (non-hydrogen) atoms. The van der Waals surface area contributed by atoms with Crippen LogP contribution in [0.25, 0.3) is 0 Å². The summed E-state index contributed by atoms with van der Waals surface area (Å²) in [6.07, 6.45) is 0. The Morgan fingerprint density at radius 3 is 2.50 bits per heavy atom. The first-order chi connectivity index (χ1) is 7.59. The van der Waals surface area contributed by atoms with Crippen molar-refractivity contribution in [2.45, 2.75) is 13.8 Å². The number of thiophene rings is 1. The van der Waals surface area contributed by atoms with E-state index < -0.39 is 0 Å². The quantitative estimate of drug-likeness (QED) is 0.723. The second-order valence-electron chi connectivity index (χ2n) is 3.73. The largest absolute Gasteiger partial charge is 0.288 e. The molecule has 0 amide bonds. The molecule has 0 radical (unpaired) electrons. The smallest absolute Gasteiger partial charge is 0.203 e. The van der Waals surface area contributed by atoms with Gasteiger partial charge in [0.15, 0.2) is 0 Å². The van der Waals surface area contributed by atoms with Gasteiger partial charge in [-0.1, -0.05) is 0 Å². The van der Waals surface area contributed by atoms with E-state index in [-0.39, 0.29) is 11.6 Å². The van der Waals surface area contributed by atoms with Crippen molar-refractivity contribution in [2.75, 3.05) is 0 Å². The molecule has 0 unspecified atom stereocenters. The molecule has 0 saturated carbocycles. The molecule has 1 heterocycles. The molecule has 3 heteroatoms. The summed E-state index contributed by atoms with van der Waals surface area (Å²) in [7, 11) is 0. The van der Waals surface area contributed by atoms with Crippen molar-refractivity contribution >= 4 is 17.1 Å². The SMILES string of the molecule is Cc1cc(C(=O)c2sccc2C)ccc1F. The van der Waals surface area contributed by atoms with E-state index in [1.807, 2.05) is 18.4 Å². The fourth-order valence-electron chi connectivity index (χ4n) is 1.52. The van der Waals surface area contributed by atoms with Crippen LogP contribution >= 0.6 is 11.3 Å². The Bertz CT molecular complexity index is 543. The Morgan fingerprint density at radius 2 is 1.94 bits per heavy atom. The monoisotopic (exact) mass is 234 g/mol. The lowest BCUT2D eigenvalue weighted by Crippen LogP contribution is -2.01. The minimum atomic E-state index is -0.278. The molecule has 2 rings (SSSR count). The normalized spacial score (nSPS) is 10.4. The minimum absolute atomic E-state index is 0.0319. The van der Waals surface area contributed by atoms with Crippen molar-refractivity contribution in [2.24, 2.45) is 0 Å². The molecule has 82 valence electrons. The first kappa shape index (κ1) is 11.0. The van der Waals surface area contributed by atoms with Crippen LogP contribution in [-0.2, 0) is 0 Å². The van der Waals surface area contributed by atoms with E-state index in [1.54, 1.807) is 13.0 Å². The van der Waals surface area contributed by atoms with Crippen LogP contribution in [0.15, 0.2) is 29.6 Å². The molecule has 0 aliphatic rings. The van der Waals surface area contributed by atoms with Gasteiger partial charge in [-0.2, -0.15) is 0 Å². The molecular weight excluding hydrogens is 223 g/mol. The summed E-state index contributed by atoms with van der Waals surface area (Å²) in [6, 6.07) is 6.38. The van der Waals surface area contributed by atoms with Crippen molar-refractivity contribution in [1.29, 1.82) is 0 Å². The molecule has 1 nitrogen and oxygen atoms in total. The summed E-state index contributed by atoms with van der Waals surface area (Å²) < 4.78 is 13.1. The van der Waals surface area contributed by atoms with Gasteiger partial charge in [0.2, 0.25) is 5.78 Å². The third-order valence-electron chi connectivity index (χ3n) is 2.49. The molecule has 0 N–H and O–H groups in total. The lowest BCUT2D eigenvalue weighted by Gasteiger charge is -2.02. The molecule has 0 spiro atoms. The van der Waals surface area contributed by atoms with Crippen molar-refractivity contribution in [1.82, 2.24) is 0 Å². The average molecular weight is 234 g/mol. The Labute approximate surface area is 97.6 Å². The van der Waals surface area contributed by atoms with Crippen molar-refractivity contribution in [3.8, 4) is 0 Å². The van der Waals surface area contributed by atoms with Gasteiger partial charge >= 0.3 is 0 Å². The lowest BCUT2D eigenvalue weighted by atomic mass is 10.0. The Morgan fingerprint density at radius 1 is 1.19 bits per heavy atom. The van der Waals surface area contributed by atoms with E-state index in [4.69, 9.17) is 0 Å². The molecule has 0 fully saturated rings.